The zero-order valence-corrected chi connectivity index (χ0v) is 17.1. The molecule has 1 aromatic carbocycles. The second-order valence-corrected chi connectivity index (χ2v) is 7.99. The summed E-state index contributed by atoms with van der Waals surface area (Å²) in [7, 11) is 0. The van der Waals surface area contributed by atoms with Crippen molar-refractivity contribution >= 4 is 17.6 Å². The average Bonchev–Trinajstić information content (AvgIpc) is 2.84. The molecule has 0 radical (unpaired) electrons. The van der Waals surface area contributed by atoms with E-state index < -0.39 is 0 Å². The van der Waals surface area contributed by atoms with Crippen LogP contribution in [0.5, 0.6) is 0 Å². The lowest BCUT2D eigenvalue weighted by Crippen LogP contribution is -2.49. The molecule has 3 heterocycles. The molecular formula is C24H23N5O2. The summed E-state index contributed by atoms with van der Waals surface area (Å²) in [5.41, 5.74) is 3.24. The van der Waals surface area contributed by atoms with Crippen LogP contribution in [0.2, 0.25) is 0 Å². The Morgan fingerprint density at radius 3 is 2.48 bits per heavy atom. The lowest BCUT2D eigenvalue weighted by Gasteiger charge is -2.35. The van der Waals surface area contributed by atoms with Gasteiger partial charge in [0.05, 0.1) is 16.8 Å². The number of aromatic nitrogens is 3. The van der Waals surface area contributed by atoms with Crippen LogP contribution in [-0.4, -0.2) is 57.7 Å². The van der Waals surface area contributed by atoms with Gasteiger partial charge in [0.1, 0.15) is 0 Å². The normalized spacial score (nSPS) is 18.6. The van der Waals surface area contributed by atoms with E-state index >= 15 is 0 Å². The summed E-state index contributed by atoms with van der Waals surface area (Å²) in [5, 5.41) is 0. The molecule has 5 rings (SSSR count). The number of pyridine rings is 1. The second-order valence-electron chi connectivity index (χ2n) is 7.99. The fourth-order valence-corrected chi connectivity index (χ4v) is 4.33. The molecule has 3 aromatic rings. The minimum Gasteiger partial charge on any atom is -0.337 e. The summed E-state index contributed by atoms with van der Waals surface area (Å²) in [6.07, 6.45) is 6.17. The molecule has 2 aromatic heterocycles. The molecule has 1 aliphatic carbocycles. The minimum absolute atomic E-state index is 0.00425. The zero-order chi connectivity index (χ0) is 21.2. The SMILES string of the molecule is O=C1CC(c2ccccc2)Cc2nc(N3CCN(C(=O)c4cccnc4)CC3)ncc21. The van der Waals surface area contributed by atoms with E-state index in [1.807, 2.05) is 23.1 Å². The van der Waals surface area contributed by atoms with Gasteiger partial charge in [-0.1, -0.05) is 30.3 Å². The Kier molecular flexibility index (Phi) is 5.16. The molecule has 0 spiro atoms. The fraction of sp³-hybridized carbons (Fsp3) is 0.292. The summed E-state index contributed by atoms with van der Waals surface area (Å²) in [6, 6.07) is 13.7. The largest absolute Gasteiger partial charge is 0.337 e. The quantitative estimate of drug-likeness (QED) is 0.657. The topological polar surface area (TPSA) is 79.3 Å². The average molecular weight is 413 g/mol. The number of anilines is 1. The number of hydrogen-bond acceptors (Lipinski definition) is 6. The molecular weight excluding hydrogens is 390 g/mol. The number of benzene rings is 1. The highest BCUT2D eigenvalue weighted by Gasteiger charge is 2.29. The number of fused-ring (bicyclic) bond motifs is 1. The summed E-state index contributed by atoms with van der Waals surface area (Å²) >= 11 is 0. The van der Waals surface area contributed by atoms with Gasteiger partial charge >= 0.3 is 0 Å². The van der Waals surface area contributed by atoms with Crippen LogP contribution in [0.1, 0.15) is 44.3 Å². The number of ketones is 1. The first kappa shape index (κ1) is 19.4. The summed E-state index contributed by atoms with van der Waals surface area (Å²) < 4.78 is 0. The van der Waals surface area contributed by atoms with Gasteiger partial charge in [-0.3, -0.25) is 14.6 Å². The summed E-state index contributed by atoms with van der Waals surface area (Å²) in [5.74, 6) is 0.885. The van der Waals surface area contributed by atoms with Gasteiger partial charge < -0.3 is 9.80 Å². The highest BCUT2D eigenvalue weighted by molar-refractivity contribution is 5.98. The van der Waals surface area contributed by atoms with Crippen molar-refractivity contribution in [2.24, 2.45) is 0 Å². The van der Waals surface area contributed by atoms with Crippen LogP contribution in [0.4, 0.5) is 5.95 Å². The van der Waals surface area contributed by atoms with Crippen molar-refractivity contribution in [1.29, 1.82) is 0 Å². The molecule has 2 aliphatic rings. The Hall–Kier alpha value is -3.61. The molecule has 0 bridgehead atoms. The van der Waals surface area contributed by atoms with E-state index in [9.17, 15) is 9.59 Å². The van der Waals surface area contributed by atoms with Crippen LogP contribution in [0.3, 0.4) is 0 Å². The third kappa shape index (κ3) is 3.91. The molecule has 0 saturated carbocycles. The maximum Gasteiger partial charge on any atom is 0.255 e. The molecule has 7 heteroatoms. The summed E-state index contributed by atoms with van der Waals surface area (Å²) in [6.45, 7) is 2.50. The zero-order valence-electron chi connectivity index (χ0n) is 17.1. The maximum absolute atomic E-state index is 12.7. The Morgan fingerprint density at radius 2 is 1.74 bits per heavy atom. The standard InChI is InChI=1S/C24H23N5O2/c30-22-14-19(17-5-2-1-3-6-17)13-21-20(22)16-26-24(27-21)29-11-9-28(10-12-29)23(31)18-7-4-8-25-15-18/h1-8,15-16,19H,9-14H2. The highest BCUT2D eigenvalue weighted by atomic mass is 16.2. The van der Waals surface area contributed by atoms with Gasteiger partial charge in [0.25, 0.3) is 5.91 Å². The molecule has 1 fully saturated rings. The Morgan fingerprint density at radius 1 is 0.935 bits per heavy atom. The maximum atomic E-state index is 12.7. The third-order valence-corrected chi connectivity index (χ3v) is 6.06. The first-order valence-corrected chi connectivity index (χ1v) is 10.6. The van der Waals surface area contributed by atoms with Crippen LogP contribution in [-0.2, 0) is 6.42 Å². The Bertz CT molecular complexity index is 1100. The van der Waals surface area contributed by atoms with Gasteiger partial charge in [0, 0.05) is 51.2 Å². The van der Waals surface area contributed by atoms with Crippen LogP contribution >= 0.6 is 0 Å². The number of piperazine rings is 1. The first-order chi connectivity index (χ1) is 15.2. The van der Waals surface area contributed by atoms with Crippen molar-refractivity contribution in [1.82, 2.24) is 19.9 Å². The molecule has 1 aliphatic heterocycles. The highest BCUT2D eigenvalue weighted by Crippen LogP contribution is 2.32. The van der Waals surface area contributed by atoms with E-state index in [0.717, 1.165) is 12.1 Å². The first-order valence-electron chi connectivity index (χ1n) is 10.6. The number of hydrogen-bond donors (Lipinski definition) is 0. The Balaban J connectivity index is 1.29. The van der Waals surface area contributed by atoms with Gasteiger partial charge in [-0.05, 0) is 30.0 Å². The number of amides is 1. The smallest absolute Gasteiger partial charge is 0.255 e. The third-order valence-electron chi connectivity index (χ3n) is 6.06. The number of Topliss-reactive ketones (excluding diaryl/α,β-unsaturated/α-hetero) is 1. The van der Waals surface area contributed by atoms with Crippen LogP contribution < -0.4 is 4.90 Å². The van der Waals surface area contributed by atoms with Crippen molar-refractivity contribution in [3.05, 3.63) is 83.4 Å². The van der Waals surface area contributed by atoms with Gasteiger partial charge in [-0.2, -0.15) is 0 Å². The number of carbonyl (C=O) groups excluding carboxylic acids is 2. The van der Waals surface area contributed by atoms with Crippen molar-refractivity contribution in [2.45, 2.75) is 18.8 Å². The van der Waals surface area contributed by atoms with Gasteiger partial charge in [0.15, 0.2) is 5.78 Å². The van der Waals surface area contributed by atoms with Crippen molar-refractivity contribution < 1.29 is 9.59 Å². The van der Waals surface area contributed by atoms with Gasteiger partial charge in [-0.15, -0.1) is 0 Å². The lowest BCUT2D eigenvalue weighted by atomic mass is 9.82. The molecule has 156 valence electrons. The van der Waals surface area contributed by atoms with E-state index in [0.29, 0.717) is 49.7 Å². The van der Waals surface area contributed by atoms with Crippen LogP contribution in [0, 0.1) is 0 Å². The number of rotatable bonds is 3. The van der Waals surface area contributed by atoms with Crippen molar-refractivity contribution in [3.63, 3.8) is 0 Å². The summed E-state index contributed by atoms with van der Waals surface area (Å²) in [4.78, 5) is 42.5. The predicted octanol–water partition coefficient (Wildman–Crippen LogP) is 2.75. The number of carbonyl (C=O) groups is 2. The molecule has 7 nitrogen and oxygen atoms in total. The van der Waals surface area contributed by atoms with Crippen molar-refractivity contribution in [3.8, 4) is 0 Å². The van der Waals surface area contributed by atoms with Gasteiger partial charge in [0.2, 0.25) is 5.95 Å². The van der Waals surface area contributed by atoms with E-state index in [4.69, 9.17) is 4.98 Å². The molecule has 1 unspecified atom stereocenters. The lowest BCUT2D eigenvalue weighted by molar-refractivity contribution is 0.0745. The molecule has 0 N–H and O–H groups in total. The minimum atomic E-state index is -0.00425. The van der Waals surface area contributed by atoms with Crippen LogP contribution in [0.25, 0.3) is 0 Å². The monoisotopic (exact) mass is 413 g/mol. The van der Waals surface area contributed by atoms with E-state index in [1.165, 1.54) is 5.56 Å². The second kappa shape index (κ2) is 8.26. The van der Waals surface area contributed by atoms with E-state index in [2.05, 4.69) is 27.0 Å². The fourth-order valence-electron chi connectivity index (χ4n) is 4.33. The van der Waals surface area contributed by atoms with Crippen LogP contribution in [0.15, 0.2) is 61.1 Å². The molecule has 1 amide bonds. The number of nitrogens with zero attached hydrogens (tertiary/aromatic N) is 5. The predicted molar refractivity (Wildman–Crippen MR) is 116 cm³/mol. The van der Waals surface area contributed by atoms with Crippen molar-refractivity contribution in [2.75, 3.05) is 31.1 Å². The molecule has 1 atom stereocenters. The van der Waals surface area contributed by atoms with E-state index in [-0.39, 0.29) is 17.6 Å². The van der Waals surface area contributed by atoms with E-state index in [1.54, 1.807) is 30.7 Å². The Labute approximate surface area is 180 Å². The molecule has 31 heavy (non-hydrogen) atoms. The molecule has 1 saturated heterocycles. The van der Waals surface area contributed by atoms with Gasteiger partial charge in [-0.25, -0.2) is 9.97 Å².